The molecular weight excluding hydrogens is 219 g/mol. The molecule has 1 unspecified atom stereocenters. The van der Waals surface area contributed by atoms with Crippen LogP contribution in [0.15, 0.2) is 12.3 Å². The molecule has 0 bridgehead atoms. The fourth-order valence-corrected chi connectivity index (χ4v) is 1.39. The van der Waals surface area contributed by atoms with Crippen LogP contribution in [0, 0.1) is 5.92 Å². The SMILES string of the molecule is CCNCC(C)Cn1ccc(C(F)(F)F)n1. The number of rotatable bonds is 5. The Bertz CT molecular complexity index is 319. The molecule has 1 atom stereocenters. The number of halogens is 3. The van der Waals surface area contributed by atoms with E-state index in [1.807, 2.05) is 13.8 Å². The second kappa shape index (κ2) is 5.34. The minimum Gasteiger partial charge on any atom is -0.317 e. The van der Waals surface area contributed by atoms with Crippen molar-refractivity contribution in [3.63, 3.8) is 0 Å². The van der Waals surface area contributed by atoms with Crippen LogP contribution in [-0.4, -0.2) is 22.9 Å². The molecule has 0 aliphatic rings. The van der Waals surface area contributed by atoms with Crippen LogP contribution >= 0.6 is 0 Å². The first-order valence-electron chi connectivity index (χ1n) is 5.25. The van der Waals surface area contributed by atoms with Crippen molar-refractivity contribution in [2.24, 2.45) is 5.92 Å². The summed E-state index contributed by atoms with van der Waals surface area (Å²) in [6, 6.07) is 1.000. The van der Waals surface area contributed by atoms with Crippen molar-refractivity contribution in [2.45, 2.75) is 26.6 Å². The van der Waals surface area contributed by atoms with E-state index in [-0.39, 0.29) is 5.92 Å². The minimum atomic E-state index is -4.35. The molecule has 3 nitrogen and oxygen atoms in total. The number of alkyl halides is 3. The van der Waals surface area contributed by atoms with Gasteiger partial charge in [0, 0.05) is 12.7 Å². The highest BCUT2D eigenvalue weighted by atomic mass is 19.4. The van der Waals surface area contributed by atoms with Crippen molar-refractivity contribution in [1.82, 2.24) is 15.1 Å². The molecule has 0 amide bonds. The average Bonchev–Trinajstić information content (AvgIpc) is 2.62. The molecule has 1 heterocycles. The van der Waals surface area contributed by atoms with E-state index < -0.39 is 11.9 Å². The Balaban J connectivity index is 2.52. The lowest BCUT2D eigenvalue weighted by atomic mass is 10.2. The van der Waals surface area contributed by atoms with Crippen LogP contribution < -0.4 is 5.32 Å². The van der Waals surface area contributed by atoms with E-state index in [1.165, 1.54) is 10.9 Å². The van der Waals surface area contributed by atoms with Crippen LogP contribution in [0.5, 0.6) is 0 Å². The molecule has 0 fully saturated rings. The van der Waals surface area contributed by atoms with Gasteiger partial charge in [-0.05, 0) is 25.1 Å². The molecule has 0 radical (unpaired) electrons. The van der Waals surface area contributed by atoms with Gasteiger partial charge in [0.1, 0.15) is 0 Å². The number of hydrogen-bond donors (Lipinski definition) is 1. The number of hydrogen-bond acceptors (Lipinski definition) is 2. The average molecular weight is 235 g/mol. The zero-order chi connectivity index (χ0) is 12.2. The van der Waals surface area contributed by atoms with Crippen molar-refractivity contribution in [3.8, 4) is 0 Å². The molecular formula is C10H16F3N3. The topological polar surface area (TPSA) is 29.9 Å². The molecule has 0 aliphatic carbocycles. The minimum absolute atomic E-state index is 0.251. The third kappa shape index (κ3) is 3.84. The first-order valence-corrected chi connectivity index (χ1v) is 5.25. The maximum Gasteiger partial charge on any atom is 0.435 e. The highest BCUT2D eigenvalue weighted by molar-refractivity contribution is 5.03. The number of aromatic nitrogens is 2. The van der Waals surface area contributed by atoms with Crippen molar-refractivity contribution < 1.29 is 13.2 Å². The lowest BCUT2D eigenvalue weighted by Crippen LogP contribution is -2.24. The van der Waals surface area contributed by atoms with Crippen molar-refractivity contribution >= 4 is 0 Å². The molecule has 6 heteroatoms. The molecule has 0 aromatic carbocycles. The molecule has 0 spiro atoms. The molecule has 1 rings (SSSR count). The lowest BCUT2D eigenvalue weighted by Gasteiger charge is -2.11. The Morgan fingerprint density at radius 3 is 2.69 bits per heavy atom. The number of nitrogens with zero attached hydrogens (tertiary/aromatic N) is 2. The molecule has 1 N–H and O–H groups in total. The van der Waals surface area contributed by atoms with Gasteiger partial charge in [-0.25, -0.2) is 0 Å². The van der Waals surface area contributed by atoms with E-state index in [0.717, 1.165) is 19.2 Å². The monoisotopic (exact) mass is 235 g/mol. The molecule has 0 saturated carbocycles. The number of nitrogens with one attached hydrogen (secondary N) is 1. The van der Waals surface area contributed by atoms with Gasteiger partial charge in [0.25, 0.3) is 0 Å². The van der Waals surface area contributed by atoms with Crippen LogP contribution in [0.1, 0.15) is 19.5 Å². The van der Waals surface area contributed by atoms with Gasteiger partial charge in [0.2, 0.25) is 0 Å². The van der Waals surface area contributed by atoms with Gasteiger partial charge in [0.15, 0.2) is 5.69 Å². The van der Waals surface area contributed by atoms with Crippen LogP contribution in [0.25, 0.3) is 0 Å². The fraction of sp³-hybridized carbons (Fsp3) is 0.700. The van der Waals surface area contributed by atoms with Crippen LogP contribution in [0.2, 0.25) is 0 Å². The Kier molecular flexibility index (Phi) is 4.35. The maximum absolute atomic E-state index is 12.3. The van der Waals surface area contributed by atoms with Gasteiger partial charge in [-0.1, -0.05) is 13.8 Å². The summed E-state index contributed by atoms with van der Waals surface area (Å²) < 4.78 is 38.1. The van der Waals surface area contributed by atoms with E-state index in [4.69, 9.17) is 0 Å². The normalized spacial score (nSPS) is 14.1. The third-order valence-corrected chi connectivity index (χ3v) is 2.17. The van der Waals surface area contributed by atoms with E-state index >= 15 is 0 Å². The predicted molar refractivity (Wildman–Crippen MR) is 54.9 cm³/mol. The van der Waals surface area contributed by atoms with Gasteiger partial charge in [-0.2, -0.15) is 18.3 Å². The van der Waals surface area contributed by atoms with E-state index in [0.29, 0.717) is 6.54 Å². The highest BCUT2D eigenvalue weighted by Gasteiger charge is 2.33. The van der Waals surface area contributed by atoms with Gasteiger partial charge < -0.3 is 5.32 Å². The third-order valence-electron chi connectivity index (χ3n) is 2.17. The fourth-order valence-electron chi connectivity index (χ4n) is 1.39. The molecule has 0 aliphatic heterocycles. The largest absolute Gasteiger partial charge is 0.435 e. The smallest absolute Gasteiger partial charge is 0.317 e. The summed E-state index contributed by atoms with van der Waals surface area (Å²) in [4.78, 5) is 0. The van der Waals surface area contributed by atoms with Crippen LogP contribution in [-0.2, 0) is 12.7 Å². The van der Waals surface area contributed by atoms with Gasteiger partial charge in [-0.15, -0.1) is 0 Å². The lowest BCUT2D eigenvalue weighted by molar-refractivity contribution is -0.141. The van der Waals surface area contributed by atoms with Crippen molar-refractivity contribution in [3.05, 3.63) is 18.0 Å². The molecule has 92 valence electrons. The van der Waals surface area contributed by atoms with E-state index in [1.54, 1.807) is 0 Å². The highest BCUT2D eigenvalue weighted by Crippen LogP contribution is 2.27. The Hall–Kier alpha value is -1.04. The summed E-state index contributed by atoms with van der Waals surface area (Å²) in [5, 5.41) is 6.64. The van der Waals surface area contributed by atoms with Gasteiger partial charge >= 0.3 is 6.18 Å². The van der Waals surface area contributed by atoms with Crippen molar-refractivity contribution in [2.75, 3.05) is 13.1 Å². The molecule has 0 saturated heterocycles. The maximum atomic E-state index is 12.3. The quantitative estimate of drug-likeness (QED) is 0.847. The molecule has 1 aromatic rings. The summed E-state index contributed by atoms with van der Waals surface area (Å²) >= 11 is 0. The van der Waals surface area contributed by atoms with Crippen LogP contribution in [0.3, 0.4) is 0 Å². The first-order chi connectivity index (χ1) is 7.43. The summed E-state index contributed by atoms with van der Waals surface area (Å²) in [6.45, 7) is 6.08. The second-order valence-corrected chi connectivity index (χ2v) is 3.83. The molecule has 1 aromatic heterocycles. The first kappa shape index (κ1) is 13.0. The van der Waals surface area contributed by atoms with Gasteiger partial charge in [0.05, 0.1) is 0 Å². The van der Waals surface area contributed by atoms with E-state index in [2.05, 4.69) is 10.4 Å². The second-order valence-electron chi connectivity index (χ2n) is 3.83. The summed E-state index contributed by atoms with van der Waals surface area (Å²) in [7, 11) is 0. The summed E-state index contributed by atoms with van der Waals surface area (Å²) in [5.74, 6) is 0.251. The van der Waals surface area contributed by atoms with Crippen molar-refractivity contribution in [1.29, 1.82) is 0 Å². The van der Waals surface area contributed by atoms with Gasteiger partial charge in [-0.3, -0.25) is 4.68 Å². The summed E-state index contributed by atoms with van der Waals surface area (Å²) in [5.41, 5.74) is -0.830. The molecule has 16 heavy (non-hydrogen) atoms. The predicted octanol–water partition coefficient (Wildman–Crippen LogP) is 2.15. The zero-order valence-corrected chi connectivity index (χ0v) is 9.38. The Labute approximate surface area is 92.6 Å². The Morgan fingerprint density at radius 2 is 2.19 bits per heavy atom. The Morgan fingerprint density at radius 1 is 1.50 bits per heavy atom. The van der Waals surface area contributed by atoms with E-state index in [9.17, 15) is 13.2 Å². The van der Waals surface area contributed by atoms with Crippen LogP contribution in [0.4, 0.5) is 13.2 Å². The summed E-state index contributed by atoms with van der Waals surface area (Å²) in [6.07, 6.45) is -2.98. The zero-order valence-electron chi connectivity index (χ0n) is 9.38. The standard InChI is InChI=1S/C10H16F3N3/c1-3-14-6-8(2)7-16-5-4-9(15-16)10(11,12)13/h4-5,8,14H,3,6-7H2,1-2H3.